The minimum atomic E-state index is -3.56. The van der Waals surface area contributed by atoms with E-state index >= 15 is 0 Å². The fraction of sp³-hybridized carbons (Fsp3) is 0.611. The molecule has 3 aliphatic heterocycles. The van der Waals surface area contributed by atoms with Crippen LogP contribution in [-0.2, 0) is 16.4 Å². The quantitative estimate of drug-likeness (QED) is 0.873. The number of benzene rings is 1. The highest BCUT2D eigenvalue weighted by atomic mass is 32.2. The predicted octanol–water partition coefficient (Wildman–Crippen LogP) is 1.22. The van der Waals surface area contributed by atoms with E-state index in [0.717, 1.165) is 44.5 Å². The lowest BCUT2D eigenvalue weighted by molar-refractivity contribution is 0.0945. The summed E-state index contributed by atoms with van der Waals surface area (Å²) in [5, 5.41) is 2.79. The normalized spacial score (nSPS) is 25.1. The molecule has 7 heteroatoms. The highest BCUT2D eigenvalue weighted by molar-refractivity contribution is 7.89. The molecule has 25 heavy (non-hydrogen) atoms. The van der Waals surface area contributed by atoms with Crippen molar-refractivity contribution >= 4 is 15.9 Å². The van der Waals surface area contributed by atoms with Gasteiger partial charge in [0.1, 0.15) is 0 Å². The molecule has 0 spiro atoms. The van der Waals surface area contributed by atoms with E-state index in [0.29, 0.717) is 18.7 Å². The first-order chi connectivity index (χ1) is 12.1. The van der Waals surface area contributed by atoms with Crippen molar-refractivity contribution in [2.75, 3.05) is 32.7 Å². The van der Waals surface area contributed by atoms with Gasteiger partial charge >= 0.3 is 0 Å². The van der Waals surface area contributed by atoms with Gasteiger partial charge in [0.2, 0.25) is 10.0 Å². The van der Waals surface area contributed by atoms with Gasteiger partial charge in [-0.1, -0.05) is 6.07 Å². The Morgan fingerprint density at radius 3 is 2.72 bits per heavy atom. The first kappa shape index (κ1) is 17.0. The van der Waals surface area contributed by atoms with E-state index in [9.17, 15) is 13.2 Å². The molecular formula is C18H25N3O3S. The van der Waals surface area contributed by atoms with Crippen LogP contribution in [0.5, 0.6) is 0 Å². The Morgan fingerprint density at radius 2 is 1.92 bits per heavy atom. The second-order valence-electron chi connectivity index (χ2n) is 7.24. The molecule has 0 aliphatic carbocycles. The number of likely N-dealkylation sites (tertiary alicyclic amines) is 1. The molecule has 0 bridgehead atoms. The maximum Gasteiger partial charge on any atom is 0.251 e. The second kappa shape index (κ2) is 6.70. The number of hydrogen-bond acceptors (Lipinski definition) is 4. The van der Waals surface area contributed by atoms with Crippen LogP contribution in [-0.4, -0.2) is 62.3 Å². The van der Waals surface area contributed by atoms with Crippen molar-refractivity contribution in [1.29, 1.82) is 0 Å². The van der Waals surface area contributed by atoms with Crippen LogP contribution >= 0.6 is 0 Å². The van der Waals surface area contributed by atoms with E-state index in [1.165, 1.54) is 12.8 Å². The van der Waals surface area contributed by atoms with Crippen LogP contribution in [0.25, 0.3) is 0 Å². The van der Waals surface area contributed by atoms with Gasteiger partial charge in [-0.15, -0.1) is 0 Å². The maximum absolute atomic E-state index is 13.2. The zero-order chi connectivity index (χ0) is 17.4. The fourth-order valence-electron chi connectivity index (χ4n) is 4.26. The zero-order valence-electron chi connectivity index (χ0n) is 14.4. The lowest BCUT2D eigenvalue weighted by Gasteiger charge is -2.28. The first-order valence-corrected chi connectivity index (χ1v) is 10.6. The second-order valence-corrected chi connectivity index (χ2v) is 9.13. The third kappa shape index (κ3) is 3.20. The molecule has 0 saturated carbocycles. The molecule has 1 unspecified atom stereocenters. The monoisotopic (exact) mass is 363 g/mol. The van der Waals surface area contributed by atoms with Gasteiger partial charge in [0, 0.05) is 31.2 Å². The van der Waals surface area contributed by atoms with Crippen LogP contribution in [0.3, 0.4) is 0 Å². The number of amides is 1. The van der Waals surface area contributed by atoms with E-state index in [1.807, 2.05) is 0 Å². The summed E-state index contributed by atoms with van der Waals surface area (Å²) in [6.45, 7) is 4.16. The SMILES string of the molecule is O=C1NCCc2ccc(S(=O)(=O)N3CCCC3CN3CCCC3)cc21. The molecular weight excluding hydrogens is 338 g/mol. The molecule has 4 rings (SSSR count). The van der Waals surface area contributed by atoms with Crippen molar-refractivity contribution in [3.05, 3.63) is 29.3 Å². The van der Waals surface area contributed by atoms with Gasteiger partial charge < -0.3 is 10.2 Å². The molecule has 2 saturated heterocycles. The Hall–Kier alpha value is -1.44. The number of hydrogen-bond donors (Lipinski definition) is 1. The third-order valence-electron chi connectivity index (χ3n) is 5.60. The lowest BCUT2D eigenvalue weighted by atomic mass is 10.0. The third-order valence-corrected chi connectivity index (χ3v) is 7.55. The Labute approximate surface area is 149 Å². The molecule has 136 valence electrons. The van der Waals surface area contributed by atoms with Gasteiger partial charge in [0.05, 0.1) is 4.90 Å². The number of carbonyl (C=O) groups is 1. The van der Waals surface area contributed by atoms with Crippen molar-refractivity contribution in [2.24, 2.45) is 0 Å². The Morgan fingerprint density at radius 1 is 1.12 bits per heavy atom. The smallest absolute Gasteiger partial charge is 0.251 e. The molecule has 0 aromatic heterocycles. The van der Waals surface area contributed by atoms with E-state index in [-0.39, 0.29) is 16.8 Å². The highest BCUT2D eigenvalue weighted by Gasteiger charge is 2.37. The van der Waals surface area contributed by atoms with Crippen LogP contribution in [0.15, 0.2) is 23.1 Å². The molecule has 0 radical (unpaired) electrons. The minimum absolute atomic E-state index is 0.0490. The molecule has 3 heterocycles. The van der Waals surface area contributed by atoms with Gasteiger partial charge in [-0.2, -0.15) is 4.31 Å². The number of rotatable bonds is 4. The van der Waals surface area contributed by atoms with Gasteiger partial charge in [-0.05, 0) is 62.9 Å². The summed E-state index contributed by atoms with van der Waals surface area (Å²) >= 11 is 0. The van der Waals surface area contributed by atoms with Gasteiger partial charge in [-0.25, -0.2) is 8.42 Å². The van der Waals surface area contributed by atoms with E-state index < -0.39 is 10.0 Å². The number of fused-ring (bicyclic) bond motifs is 1. The van der Waals surface area contributed by atoms with Crippen molar-refractivity contribution < 1.29 is 13.2 Å². The van der Waals surface area contributed by atoms with Crippen molar-refractivity contribution in [1.82, 2.24) is 14.5 Å². The van der Waals surface area contributed by atoms with Crippen LogP contribution < -0.4 is 5.32 Å². The van der Waals surface area contributed by atoms with E-state index in [2.05, 4.69) is 10.2 Å². The fourth-order valence-corrected chi connectivity index (χ4v) is 5.97. The van der Waals surface area contributed by atoms with Crippen LogP contribution in [0.4, 0.5) is 0 Å². The van der Waals surface area contributed by atoms with Crippen LogP contribution in [0.1, 0.15) is 41.6 Å². The highest BCUT2D eigenvalue weighted by Crippen LogP contribution is 2.29. The largest absolute Gasteiger partial charge is 0.352 e. The number of nitrogens with zero attached hydrogens (tertiary/aromatic N) is 2. The van der Waals surface area contributed by atoms with Crippen LogP contribution in [0, 0.1) is 0 Å². The summed E-state index contributed by atoms with van der Waals surface area (Å²) in [5.74, 6) is -0.173. The van der Waals surface area contributed by atoms with Gasteiger partial charge in [-0.3, -0.25) is 4.79 Å². The molecule has 1 amide bonds. The lowest BCUT2D eigenvalue weighted by Crippen LogP contribution is -2.42. The molecule has 3 aliphatic rings. The van der Waals surface area contributed by atoms with Gasteiger partial charge in [0.25, 0.3) is 5.91 Å². The average molecular weight is 363 g/mol. The Bertz CT molecular complexity index is 772. The minimum Gasteiger partial charge on any atom is -0.352 e. The molecule has 2 fully saturated rings. The summed E-state index contributed by atoms with van der Waals surface area (Å²) in [6, 6.07) is 5.07. The average Bonchev–Trinajstić information content (AvgIpc) is 3.27. The Kier molecular flexibility index (Phi) is 4.56. The van der Waals surface area contributed by atoms with Gasteiger partial charge in [0.15, 0.2) is 0 Å². The first-order valence-electron chi connectivity index (χ1n) is 9.21. The zero-order valence-corrected chi connectivity index (χ0v) is 15.2. The number of nitrogens with one attached hydrogen (secondary N) is 1. The standard InChI is InChI=1S/C18H25N3O3S/c22-18-17-12-16(6-5-14(17)7-8-19-18)25(23,24)21-11-3-4-15(21)13-20-9-1-2-10-20/h5-6,12,15H,1-4,7-11,13H2,(H,19,22). The van der Waals surface area contributed by atoms with Crippen molar-refractivity contribution in [3.63, 3.8) is 0 Å². The Balaban J connectivity index is 1.60. The predicted molar refractivity (Wildman–Crippen MR) is 95.1 cm³/mol. The summed E-state index contributed by atoms with van der Waals surface area (Å²) in [4.78, 5) is 14.7. The summed E-state index contributed by atoms with van der Waals surface area (Å²) in [5.41, 5.74) is 1.43. The van der Waals surface area contributed by atoms with Crippen LogP contribution in [0.2, 0.25) is 0 Å². The topological polar surface area (TPSA) is 69.7 Å². The number of sulfonamides is 1. The van der Waals surface area contributed by atoms with E-state index in [1.54, 1.807) is 22.5 Å². The van der Waals surface area contributed by atoms with E-state index in [4.69, 9.17) is 0 Å². The summed E-state index contributed by atoms with van der Waals surface area (Å²) < 4.78 is 28.0. The molecule has 6 nitrogen and oxygen atoms in total. The molecule has 1 atom stereocenters. The molecule has 1 aromatic carbocycles. The number of carbonyl (C=O) groups excluding carboxylic acids is 1. The summed E-state index contributed by atoms with van der Waals surface area (Å²) in [6.07, 6.45) is 4.99. The molecule has 1 aromatic rings. The van der Waals surface area contributed by atoms with Crippen molar-refractivity contribution in [3.8, 4) is 0 Å². The molecule has 1 N–H and O–H groups in total. The summed E-state index contributed by atoms with van der Waals surface area (Å²) in [7, 11) is -3.56. The maximum atomic E-state index is 13.2. The van der Waals surface area contributed by atoms with Crippen molar-refractivity contribution in [2.45, 2.75) is 43.0 Å².